The lowest BCUT2D eigenvalue weighted by Crippen LogP contribution is -2.64. The quantitative estimate of drug-likeness (QED) is 0.0164. The topological polar surface area (TPSA) is 848 Å². The number of benzene rings is 1. The van der Waals surface area contributed by atoms with Crippen molar-refractivity contribution in [1.29, 1.82) is 5.41 Å². The number of phenolic OH excluding ortho intramolecular Hbond substituents is 1. The Labute approximate surface area is 873 Å². The molecule has 0 bridgehead atoms. The Morgan fingerprint density at radius 2 is 0.813 bits per heavy atom. The number of guanidine groups is 1. The number of phenols is 1. The molecule has 3 fully saturated rings. The number of unbranched alkanes of at least 4 members (excludes halogenated alkanes) is 2. The SMILES string of the molecule is CC[C@H](C)[C@H](NC(=O)[C@H](CC(C)C)NC(=O)[C@H](CC(C)C)NC(=O)[C@H](CCCCN)NC(=O)[C@@H]1CCCN1C(=O)[C@@H]1CCCN1C(=O)[C@H](CCC(N)=O)NC(=O)CNC(=O)[C@@H]1CCCN1C(=O)[C@@H](N)CCCCN)C(=O)N[C@@H](Cc1ccc(O)cc1)C(=O)N[C@H](C(=O)N[C@H](C(=O)N[C@@H](CO)C(=O)N[C@@H](CCCNC(=N)N)C(=O)N[C@@H](CC(C)C)C(=O)N[C@@H](C)C(=O)N[C@@H](CO)C(=O)NCC(=O)N[C@H](C(=O)O)C(C)C)[C@@H](C)O)[C@@H](C)O. The van der Waals surface area contributed by atoms with Gasteiger partial charge in [-0.25, -0.2) is 4.79 Å². The number of aliphatic hydroxyl groups excluding tert-OH is 4. The number of rotatable bonds is 66. The zero-order chi connectivity index (χ0) is 113. The van der Waals surface area contributed by atoms with Gasteiger partial charge < -0.3 is 164 Å². The van der Waals surface area contributed by atoms with Crippen LogP contribution in [0.2, 0.25) is 0 Å². The number of nitrogens with two attached hydrogens (primary N) is 5. The van der Waals surface area contributed by atoms with E-state index < -0.39 is 296 Å². The van der Waals surface area contributed by atoms with Crippen molar-refractivity contribution in [2.45, 2.75) is 346 Å². The molecule has 3 aliphatic rings. The fourth-order valence-corrected chi connectivity index (χ4v) is 17.2. The Morgan fingerprint density at radius 3 is 1.31 bits per heavy atom. The first-order valence-corrected chi connectivity index (χ1v) is 51.4. The number of amides is 20. The lowest BCUT2D eigenvalue weighted by atomic mass is 9.95. The highest BCUT2D eigenvalue weighted by Crippen LogP contribution is 2.28. The summed E-state index contributed by atoms with van der Waals surface area (Å²) in [6.45, 7) is 17.3. The maximum atomic E-state index is 15.0. The number of primary amides is 1. The van der Waals surface area contributed by atoms with Gasteiger partial charge in [-0.05, 0) is 190 Å². The average Bonchev–Trinajstić information content (AvgIpc) is 1.64. The van der Waals surface area contributed by atoms with Gasteiger partial charge in [-0.2, -0.15) is 0 Å². The number of likely N-dealkylation sites (tertiary alicyclic amines) is 3. The van der Waals surface area contributed by atoms with E-state index >= 15 is 4.79 Å². The summed E-state index contributed by atoms with van der Waals surface area (Å²) in [4.78, 5) is 297. The van der Waals surface area contributed by atoms with E-state index in [0.29, 0.717) is 69.9 Å². The fraction of sp³-hybridized carbons (Fsp3) is 0.711. The lowest BCUT2D eigenvalue weighted by molar-refractivity contribution is -0.148. The van der Waals surface area contributed by atoms with Gasteiger partial charge in [0.15, 0.2) is 5.96 Å². The molecule has 0 aromatic heterocycles. The van der Waals surface area contributed by atoms with Crippen molar-refractivity contribution >= 4 is 130 Å². The van der Waals surface area contributed by atoms with Gasteiger partial charge in [0.25, 0.3) is 0 Å². The van der Waals surface area contributed by atoms with E-state index in [4.69, 9.17) is 34.1 Å². The predicted octanol–water partition coefficient (Wildman–Crippen LogP) is -8.27. The van der Waals surface area contributed by atoms with Crippen molar-refractivity contribution in [3.63, 3.8) is 0 Å². The maximum Gasteiger partial charge on any atom is 0.326 e. The van der Waals surface area contributed by atoms with Crippen molar-refractivity contribution in [3.8, 4) is 5.75 Å². The van der Waals surface area contributed by atoms with Gasteiger partial charge >= 0.3 is 5.97 Å². The number of aliphatic carboxylic acids is 1. The van der Waals surface area contributed by atoms with Crippen LogP contribution in [0.25, 0.3) is 0 Å². The number of carbonyl (C=O) groups is 21. The molecule has 20 amide bonds. The summed E-state index contributed by atoms with van der Waals surface area (Å²) in [7, 11) is 0. The van der Waals surface area contributed by atoms with E-state index in [2.05, 4.69) is 90.4 Å². The van der Waals surface area contributed by atoms with Gasteiger partial charge in [0.2, 0.25) is 118 Å². The molecule has 4 rings (SSSR count). The Bertz CT molecular complexity index is 4720. The number of carboxylic acids is 1. The second kappa shape index (κ2) is 65.1. The molecule has 0 unspecified atom stereocenters. The van der Waals surface area contributed by atoms with E-state index in [1.807, 2.05) is 0 Å². The van der Waals surface area contributed by atoms with Crippen LogP contribution in [0.3, 0.4) is 0 Å². The molecule has 1 aromatic carbocycles. The second-order valence-corrected chi connectivity index (χ2v) is 40.1. The normalized spacial score (nSPS) is 18.0. The monoisotopic (exact) mass is 2130 g/mol. The first-order chi connectivity index (χ1) is 70.6. The van der Waals surface area contributed by atoms with Crippen LogP contribution in [-0.4, -0.2) is 362 Å². The molecule has 21 atom stereocenters. The van der Waals surface area contributed by atoms with Crippen molar-refractivity contribution in [3.05, 3.63) is 29.8 Å². The number of nitrogens with one attached hydrogen (secondary N) is 18. The molecule has 0 aliphatic carbocycles. The van der Waals surface area contributed by atoms with Crippen molar-refractivity contribution < 1.29 is 131 Å². The van der Waals surface area contributed by atoms with Crippen molar-refractivity contribution in [2.24, 2.45) is 58.3 Å². The number of carboxylic acid groups (broad SMARTS) is 1. The molecule has 3 saturated heterocycles. The summed E-state index contributed by atoms with van der Waals surface area (Å²) < 4.78 is 0. The summed E-state index contributed by atoms with van der Waals surface area (Å²) >= 11 is 0. The van der Waals surface area contributed by atoms with Crippen LogP contribution in [-0.2, 0) is 107 Å². The lowest BCUT2D eigenvalue weighted by Gasteiger charge is -2.33. The first-order valence-electron chi connectivity index (χ1n) is 51.4. The molecule has 0 spiro atoms. The highest BCUT2D eigenvalue weighted by Gasteiger charge is 2.47. The van der Waals surface area contributed by atoms with Gasteiger partial charge in [0.1, 0.15) is 108 Å². The number of hydrogen-bond donors (Lipinski definition) is 29. The molecule has 3 heterocycles. The van der Waals surface area contributed by atoms with Crippen LogP contribution in [0.4, 0.5) is 0 Å². The van der Waals surface area contributed by atoms with E-state index in [0.717, 1.165) is 13.8 Å². The minimum Gasteiger partial charge on any atom is -0.508 e. The molecular weight excluding hydrogens is 1960 g/mol. The van der Waals surface area contributed by atoms with Crippen LogP contribution >= 0.6 is 0 Å². The number of aromatic hydroxyl groups is 1. The third-order valence-corrected chi connectivity index (χ3v) is 25.7. The maximum absolute atomic E-state index is 15.0. The predicted molar refractivity (Wildman–Crippen MR) is 544 cm³/mol. The van der Waals surface area contributed by atoms with Crippen molar-refractivity contribution in [2.75, 3.05) is 65.6 Å². The third kappa shape index (κ3) is 43.1. The van der Waals surface area contributed by atoms with E-state index in [-0.39, 0.29) is 127 Å². The molecule has 1 aromatic rings. The first kappa shape index (κ1) is 129. The molecule has 844 valence electrons. The molecule has 3 aliphatic heterocycles. The van der Waals surface area contributed by atoms with Gasteiger partial charge in [-0.15, -0.1) is 0 Å². The largest absolute Gasteiger partial charge is 0.508 e. The highest BCUT2D eigenvalue weighted by atomic mass is 16.4. The summed E-state index contributed by atoms with van der Waals surface area (Å²) in [5.41, 5.74) is 29.0. The van der Waals surface area contributed by atoms with Gasteiger partial charge in [0, 0.05) is 39.0 Å². The third-order valence-electron chi connectivity index (χ3n) is 25.7. The molecule has 0 saturated carbocycles. The Morgan fingerprint density at radius 1 is 0.407 bits per heavy atom. The van der Waals surface area contributed by atoms with E-state index in [1.165, 1.54) is 59.7 Å². The molecule has 53 nitrogen and oxygen atoms in total. The number of aliphatic hydroxyl groups is 4. The van der Waals surface area contributed by atoms with E-state index in [9.17, 15) is 127 Å². The summed E-state index contributed by atoms with van der Waals surface area (Å²) in [6.07, 6.45) is -1.11. The van der Waals surface area contributed by atoms with E-state index in [1.54, 1.807) is 55.4 Å². The van der Waals surface area contributed by atoms with Gasteiger partial charge in [0.05, 0.1) is 44.6 Å². The highest BCUT2D eigenvalue weighted by molar-refractivity contribution is 6.03. The number of carbonyl (C=O) groups excluding carboxylic acids is 20. The minimum absolute atomic E-state index is 0.0114. The number of nitrogens with zero attached hydrogens (tertiary/aromatic N) is 3. The molecule has 0 radical (unpaired) electrons. The van der Waals surface area contributed by atoms with Crippen LogP contribution in [0.5, 0.6) is 5.75 Å². The van der Waals surface area contributed by atoms with Gasteiger partial charge in [-0.3, -0.25) is 101 Å². The zero-order valence-electron chi connectivity index (χ0n) is 88.1. The molecule has 34 N–H and O–H groups in total. The Balaban J connectivity index is 1.54. The second-order valence-electron chi connectivity index (χ2n) is 40.1. The standard InChI is InChI=1S/C97H164N26O27/c1-14-53(10)76(118-85(138)65(43-51(6)7)113-84(137)64(42-50(4)5)112-81(134)60(24-16-18-36-99)110-89(142)70-27-21-39-122(70)95(148)71-28-22-40-123(71)94(147)62(33-34-72(101)129)108-73(130)45-106-88(141)69-26-20-38-121(69)93(146)59(100)23-15-17-35-98)90(143)114-66(44-57-29-31-58(128)32-30-57)86(139)119-78(56(13)127)92(145)120-77(55(12)126)91(144)116-68(48-125)87(140)109-61(25-19-37-104-97(102)103)82(135)111-63(41-49(2)3)83(136)107-54(11)79(132)115-67(47-124)80(133)105-46-74(131)117-75(52(8)9)96(149)150/h29-32,49-56,59-71,75-78,124-128H,14-28,33-48,98-100H2,1-13H3,(H2,101,129)(H,105,133)(H,106,141)(H,107,136)(H,108,130)(H,109,140)(H,110,142)(H,111,135)(H,112,134)(H,113,137)(H,114,143)(H,115,132)(H,116,144)(H,117,131)(H,118,138)(H,119,139)(H,120,145)(H,149,150)(H4,102,103,104)/t53-,54-,55+,56+,59-,60-,61-,62-,63-,64-,65-,66-,67-,68-,69-,70-,71-,75-,76-,77-,78-/m0/s1. The van der Waals surface area contributed by atoms with Crippen LogP contribution in [0.15, 0.2) is 24.3 Å². The van der Waals surface area contributed by atoms with Crippen LogP contribution in [0.1, 0.15) is 224 Å². The average molecular weight is 2130 g/mol. The van der Waals surface area contributed by atoms with Crippen LogP contribution < -0.4 is 119 Å². The Hall–Kier alpha value is -13.1. The molecule has 150 heavy (non-hydrogen) atoms. The number of hydrogen-bond acceptors (Lipinski definition) is 30. The Kier molecular flexibility index (Phi) is 56.0. The van der Waals surface area contributed by atoms with Crippen LogP contribution in [0, 0.1) is 35.0 Å². The summed E-state index contributed by atoms with van der Waals surface area (Å²) in [5, 5.41) is 112. The molecular formula is C97H164N26O27. The zero-order valence-corrected chi connectivity index (χ0v) is 88.1. The smallest absolute Gasteiger partial charge is 0.326 e. The van der Waals surface area contributed by atoms with Gasteiger partial charge in [-0.1, -0.05) is 94.2 Å². The summed E-state index contributed by atoms with van der Waals surface area (Å²) in [5.74, 6) is -22.8. The summed E-state index contributed by atoms with van der Waals surface area (Å²) in [6, 6.07) is -21.4. The fourth-order valence-electron chi connectivity index (χ4n) is 17.2. The minimum atomic E-state index is -2.09. The van der Waals surface area contributed by atoms with Crippen molar-refractivity contribution in [1.82, 2.24) is 105 Å². The molecule has 53 heteroatoms.